The molecule has 0 saturated carbocycles. The van der Waals surface area contributed by atoms with E-state index in [4.69, 9.17) is 0 Å². The third-order valence-electron chi connectivity index (χ3n) is 3.29. The molecule has 0 fully saturated rings. The molecule has 0 atom stereocenters. The zero-order chi connectivity index (χ0) is 16.4. The lowest BCUT2D eigenvalue weighted by Gasteiger charge is -2.12. The number of anilines is 2. The van der Waals surface area contributed by atoms with Gasteiger partial charge in [-0.2, -0.15) is 13.2 Å². The Bertz CT molecular complexity index is 827. The Hall–Kier alpha value is -2.41. The van der Waals surface area contributed by atoms with Crippen molar-refractivity contribution in [3.63, 3.8) is 0 Å². The number of nitrogens with one attached hydrogen (secondary N) is 1. The molecule has 0 spiro atoms. The first-order valence-electron chi connectivity index (χ1n) is 6.75. The first-order valence-corrected chi connectivity index (χ1v) is 7.63. The number of hydrogen-bond acceptors (Lipinski definition) is 4. The molecule has 0 aliphatic rings. The lowest BCUT2D eigenvalue weighted by molar-refractivity contribution is -0.136. The van der Waals surface area contributed by atoms with Crippen molar-refractivity contribution in [2.45, 2.75) is 13.1 Å². The molecule has 0 radical (unpaired) electrons. The van der Waals surface area contributed by atoms with E-state index < -0.39 is 11.7 Å². The van der Waals surface area contributed by atoms with Gasteiger partial charge in [-0.15, -0.1) is 11.3 Å². The standard InChI is InChI=1S/C16H12F3N3S/c1-10-6-7-20-8-11(10)14-9-23-15(22-14)21-13-5-3-2-4-12(13)16(17,18)19/h2-9H,1H3,(H,21,22). The molecule has 0 saturated heterocycles. The fourth-order valence-electron chi connectivity index (χ4n) is 2.14. The Labute approximate surface area is 134 Å². The van der Waals surface area contributed by atoms with E-state index in [1.165, 1.54) is 23.5 Å². The summed E-state index contributed by atoms with van der Waals surface area (Å²) in [5.41, 5.74) is 1.83. The highest BCUT2D eigenvalue weighted by Gasteiger charge is 2.33. The fraction of sp³-hybridized carbons (Fsp3) is 0.125. The van der Waals surface area contributed by atoms with Gasteiger partial charge in [-0.1, -0.05) is 12.1 Å². The monoisotopic (exact) mass is 335 g/mol. The maximum atomic E-state index is 13.0. The number of nitrogens with zero attached hydrogens (tertiary/aromatic N) is 2. The molecule has 1 N–H and O–H groups in total. The molecule has 7 heteroatoms. The number of hydrogen-bond donors (Lipinski definition) is 1. The summed E-state index contributed by atoms with van der Waals surface area (Å²) in [4.78, 5) is 8.42. The van der Waals surface area contributed by atoms with E-state index in [0.717, 1.165) is 17.2 Å². The molecule has 0 unspecified atom stereocenters. The van der Waals surface area contributed by atoms with E-state index >= 15 is 0 Å². The predicted octanol–water partition coefficient (Wildman–Crippen LogP) is 5.28. The number of rotatable bonds is 3. The first-order chi connectivity index (χ1) is 10.9. The second kappa shape index (κ2) is 6.00. The number of halogens is 3. The minimum Gasteiger partial charge on any atom is -0.331 e. The van der Waals surface area contributed by atoms with Gasteiger partial charge in [-0.25, -0.2) is 4.98 Å². The number of aromatic nitrogens is 2. The number of alkyl halides is 3. The van der Waals surface area contributed by atoms with Crippen molar-refractivity contribution in [1.82, 2.24) is 9.97 Å². The third kappa shape index (κ3) is 3.34. The molecule has 2 aromatic heterocycles. The maximum Gasteiger partial charge on any atom is 0.418 e. The smallest absolute Gasteiger partial charge is 0.331 e. The van der Waals surface area contributed by atoms with Crippen LogP contribution in [0.1, 0.15) is 11.1 Å². The van der Waals surface area contributed by atoms with Gasteiger partial charge in [0.25, 0.3) is 0 Å². The van der Waals surface area contributed by atoms with Gasteiger partial charge in [0, 0.05) is 23.3 Å². The lowest BCUT2D eigenvalue weighted by Crippen LogP contribution is -2.08. The summed E-state index contributed by atoms with van der Waals surface area (Å²) in [5.74, 6) is 0. The highest BCUT2D eigenvalue weighted by molar-refractivity contribution is 7.14. The normalized spacial score (nSPS) is 11.5. The van der Waals surface area contributed by atoms with Crippen LogP contribution in [0, 0.1) is 6.92 Å². The van der Waals surface area contributed by atoms with Gasteiger partial charge in [0.2, 0.25) is 0 Å². The Morgan fingerprint density at radius 1 is 1.13 bits per heavy atom. The second-order valence-corrected chi connectivity index (χ2v) is 5.75. The molecule has 3 nitrogen and oxygen atoms in total. The molecule has 3 aromatic rings. The number of pyridine rings is 1. The van der Waals surface area contributed by atoms with Gasteiger partial charge < -0.3 is 5.32 Å². The molecule has 2 heterocycles. The van der Waals surface area contributed by atoms with E-state index in [9.17, 15) is 13.2 Å². The third-order valence-corrected chi connectivity index (χ3v) is 4.05. The Kier molecular flexibility index (Phi) is 4.04. The summed E-state index contributed by atoms with van der Waals surface area (Å²) in [6, 6.07) is 7.21. The van der Waals surface area contributed by atoms with E-state index in [1.807, 2.05) is 13.0 Å². The molecule has 0 aliphatic heterocycles. The molecule has 3 rings (SSSR count). The number of benzene rings is 1. The first kappa shape index (κ1) is 15.5. The van der Waals surface area contributed by atoms with Crippen LogP contribution >= 0.6 is 11.3 Å². The minimum atomic E-state index is -4.41. The zero-order valence-electron chi connectivity index (χ0n) is 12.1. The van der Waals surface area contributed by atoms with Crippen molar-refractivity contribution in [3.05, 3.63) is 59.2 Å². The fourth-order valence-corrected chi connectivity index (χ4v) is 2.86. The van der Waals surface area contributed by atoms with Crippen LogP contribution in [-0.2, 0) is 6.18 Å². The van der Waals surface area contributed by atoms with Crippen LogP contribution < -0.4 is 5.32 Å². The lowest BCUT2D eigenvalue weighted by atomic mass is 10.1. The van der Waals surface area contributed by atoms with Crippen LogP contribution in [-0.4, -0.2) is 9.97 Å². The average molecular weight is 335 g/mol. The minimum absolute atomic E-state index is 0.0104. The van der Waals surface area contributed by atoms with Crippen molar-refractivity contribution >= 4 is 22.2 Å². The molecular formula is C16H12F3N3S. The van der Waals surface area contributed by atoms with Crippen molar-refractivity contribution in [2.24, 2.45) is 0 Å². The molecule has 0 aliphatic carbocycles. The second-order valence-electron chi connectivity index (χ2n) is 4.90. The van der Waals surface area contributed by atoms with E-state index in [1.54, 1.807) is 23.8 Å². The topological polar surface area (TPSA) is 37.8 Å². The van der Waals surface area contributed by atoms with Gasteiger partial charge >= 0.3 is 6.18 Å². The van der Waals surface area contributed by atoms with Crippen LogP contribution in [0.4, 0.5) is 24.0 Å². The molecule has 0 amide bonds. The van der Waals surface area contributed by atoms with E-state index in [0.29, 0.717) is 10.8 Å². The molecule has 0 bridgehead atoms. The quantitative estimate of drug-likeness (QED) is 0.708. The summed E-state index contributed by atoms with van der Waals surface area (Å²) in [6.45, 7) is 1.93. The molecular weight excluding hydrogens is 323 g/mol. The van der Waals surface area contributed by atoms with Crippen LogP contribution in [0.5, 0.6) is 0 Å². The highest BCUT2D eigenvalue weighted by Crippen LogP contribution is 2.37. The summed E-state index contributed by atoms with van der Waals surface area (Å²) >= 11 is 1.25. The maximum absolute atomic E-state index is 13.0. The van der Waals surface area contributed by atoms with Crippen LogP contribution in [0.25, 0.3) is 11.3 Å². The Morgan fingerprint density at radius 3 is 2.65 bits per heavy atom. The van der Waals surface area contributed by atoms with E-state index in [2.05, 4.69) is 15.3 Å². The van der Waals surface area contributed by atoms with Crippen molar-refractivity contribution in [1.29, 1.82) is 0 Å². The van der Waals surface area contributed by atoms with Gasteiger partial charge in [-0.3, -0.25) is 4.98 Å². The summed E-state index contributed by atoms with van der Waals surface area (Å²) in [7, 11) is 0. The number of thiazole rings is 1. The summed E-state index contributed by atoms with van der Waals surface area (Å²) in [5, 5.41) is 4.95. The molecule has 1 aromatic carbocycles. The van der Waals surface area contributed by atoms with Gasteiger partial charge in [-0.05, 0) is 30.7 Å². The largest absolute Gasteiger partial charge is 0.418 e. The van der Waals surface area contributed by atoms with Gasteiger partial charge in [0.15, 0.2) is 5.13 Å². The van der Waals surface area contributed by atoms with Crippen molar-refractivity contribution < 1.29 is 13.2 Å². The predicted molar refractivity (Wildman–Crippen MR) is 84.8 cm³/mol. The van der Waals surface area contributed by atoms with Crippen molar-refractivity contribution in [3.8, 4) is 11.3 Å². The number of aryl methyl sites for hydroxylation is 1. The average Bonchev–Trinajstić information content (AvgIpc) is 2.95. The molecule has 118 valence electrons. The van der Waals surface area contributed by atoms with Crippen LogP contribution in [0.3, 0.4) is 0 Å². The zero-order valence-corrected chi connectivity index (χ0v) is 12.9. The van der Waals surface area contributed by atoms with Gasteiger partial charge in [0.05, 0.1) is 16.9 Å². The van der Waals surface area contributed by atoms with Crippen LogP contribution in [0.2, 0.25) is 0 Å². The van der Waals surface area contributed by atoms with Crippen molar-refractivity contribution in [2.75, 3.05) is 5.32 Å². The molecule has 23 heavy (non-hydrogen) atoms. The summed E-state index contributed by atoms with van der Waals surface area (Å²) < 4.78 is 39.0. The van der Waals surface area contributed by atoms with E-state index in [-0.39, 0.29) is 5.69 Å². The Balaban J connectivity index is 1.90. The Morgan fingerprint density at radius 2 is 1.91 bits per heavy atom. The van der Waals surface area contributed by atoms with Crippen LogP contribution in [0.15, 0.2) is 48.1 Å². The van der Waals surface area contributed by atoms with Gasteiger partial charge in [0.1, 0.15) is 0 Å². The SMILES string of the molecule is Cc1ccncc1-c1csc(Nc2ccccc2C(F)(F)F)n1. The number of para-hydroxylation sites is 1. The highest BCUT2D eigenvalue weighted by atomic mass is 32.1. The summed E-state index contributed by atoms with van der Waals surface area (Å²) in [6.07, 6.45) is -1.04.